The maximum atomic E-state index is 13.4. The zero-order chi connectivity index (χ0) is 25.2. The van der Waals surface area contributed by atoms with Crippen LogP contribution in [0.3, 0.4) is 0 Å². The first-order valence-electron chi connectivity index (χ1n) is 11.7. The zero-order valence-corrected chi connectivity index (χ0v) is 20.1. The Balaban J connectivity index is 1.71. The molecule has 35 heavy (non-hydrogen) atoms. The number of allylic oxidation sites excluding steroid dienone is 2. The first kappa shape index (κ1) is 25.5. The normalized spacial score (nSPS) is 21.4. The third kappa shape index (κ3) is 5.34. The van der Waals surface area contributed by atoms with Crippen LogP contribution in [0.25, 0.3) is 10.6 Å². The van der Waals surface area contributed by atoms with Gasteiger partial charge >= 0.3 is 6.18 Å². The molecular formula is C25H28F3N3O3S. The minimum Gasteiger partial charge on any atom is -0.491 e. The van der Waals surface area contributed by atoms with E-state index < -0.39 is 17.5 Å². The van der Waals surface area contributed by atoms with E-state index in [1.165, 1.54) is 17.5 Å². The van der Waals surface area contributed by atoms with Gasteiger partial charge in [-0.25, -0.2) is 9.98 Å². The summed E-state index contributed by atoms with van der Waals surface area (Å²) in [6.45, 7) is 2.42. The van der Waals surface area contributed by atoms with Crippen LogP contribution in [0.1, 0.15) is 51.0 Å². The van der Waals surface area contributed by atoms with E-state index in [4.69, 9.17) is 10.1 Å². The number of aliphatic hydroxyl groups is 2. The molecule has 2 heterocycles. The Bertz CT molecular complexity index is 1130. The quantitative estimate of drug-likeness (QED) is 0.408. The second kappa shape index (κ2) is 10.2. The fraction of sp³-hybridized carbons (Fsp3) is 0.480. The lowest BCUT2D eigenvalue weighted by Gasteiger charge is -2.26. The summed E-state index contributed by atoms with van der Waals surface area (Å²) in [5.74, 6) is -3.23. The number of nitrogens with one attached hydrogen (secondary N) is 1. The number of thiazole rings is 1. The van der Waals surface area contributed by atoms with Crippen LogP contribution in [0.5, 0.6) is 5.75 Å². The van der Waals surface area contributed by atoms with E-state index in [0.29, 0.717) is 42.5 Å². The first-order chi connectivity index (χ1) is 16.6. The number of alkyl halides is 3. The number of halogens is 3. The molecule has 0 spiro atoms. The summed E-state index contributed by atoms with van der Waals surface area (Å²) in [5, 5.41) is 30.3. The van der Waals surface area contributed by atoms with Gasteiger partial charge in [0.2, 0.25) is 0 Å². The van der Waals surface area contributed by atoms with E-state index in [1.54, 1.807) is 5.38 Å². The molecule has 4 rings (SSSR count). The molecule has 1 fully saturated rings. The van der Waals surface area contributed by atoms with Crippen LogP contribution < -0.4 is 4.74 Å². The van der Waals surface area contributed by atoms with Gasteiger partial charge in [0.1, 0.15) is 10.7 Å². The second-order valence-corrected chi connectivity index (χ2v) is 9.80. The van der Waals surface area contributed by atoms with Crippen LogP contribution in [0, 0.1) is 17.2 Å². The van der Waals surface area contributed by atoms with E-state index in [2.05, 4.69) is 16.9 Å². The van der Waals surface area contributed by atoms with E-state index in [0.717, 1.165) is 37.1 Å². The summed E-state index contributed by atoms with van der Waals surface area (Å²) >= 11 is 1.20. The van der Waals surface area contributed by atoms with Crippen molar-refractivity contribution in [3.63, 3.8) is 0 Å². The Hall–Kier alpha value is -2.56. The Morgan fingerprint density at radius 1 is 1.23 bits per heavy atom. The molecule has 2 aliphatic rings. The van der Waals surface area contributed by atoms with Crippen molar-refractivity contribution in [1.29, 1.82) is 5.41 Å². The summed E-state index contributed by atoms with van der Waals surface area (Å²) < 4.78 is 46.2. The molecule has 1 aliphatic heterocycles. The fourth-order valence-electron chi connectivity index (χ4n) is 4.57. The van der Waals surface area contributed by atoms with Crippen LogP contribution in [-0.4, -0.2) is 39.4 Å². The van der Waals surface area contributed by atoms with Crippen molar-refractivity contribution in [2.24, 2.45) is 16.8 Å². The van der Waals surface area contributed by atoms with E-state index in [9.17, 15) is 23.4 Å². The van der Waals surface area contributed by atoms with Gasteiger partial charge in [-0.3, -0.25) is 0 Å². The zero-order valence-electron chi connectivity index (χ0n) is 19.3. The van der Waals surface area contributed by atoms with E-state index >= 15 is 0 Å². The Morgan fingerprint density at radius 3 is 2.66 bits per heavy atom. The molecule has 6 nitrogen and oxygen atoms in total. The molecular weight excluding hydrogens is 479 g/mol. The Labute approximate surface area is 205 Å². The van der Waals surface area contributed by atoms with Crippen LogP contribution in [-0.2, 0) is 5.79 Å². The maximum absolute atomic E-state index is 13.4. The van der Waals surface area contributed by atoms with Crippen molar-refractivity contribution in [3.8, 4) is 16.3 Å². The monoisotopic (exact) mass is 507 g/mol. The number of aromatic nitrogens is 1. The van der Waals surface area contributed by atoms with Gasteiger partial charge in [-0.2, -0.15) is 13.2 Å². The molecule has 0 radical (unpaired) electrons. The highest BCUT2D eigenvalue weighted by molar-refractivity contribution is 7.13. The summed E-state index contributed by atoms with van der Waals surface area (Å²) in [6, 6.07) is 2.06. The highest BCUT2D eigenvalue weighted by Gasteiger charge is 2.54. The molecule has 1 aromatic heterocycles. The molecule has 2 aromatic rings. The standard InChI is InChI=1S/C25H28F3N3O3S/c1-2-15-8-9-16(21(15)29)5-3-6-18-7-4-11-34-22-19(23-30-10-12-35-23)13-17(14-20(22)31-18)24(32,33)25(26,27)28/h3,6,10,12-16,29,32-33H,2,4-5,7-9,11H2,1H3/b6-3+,29-21?,31-18?. The van der Waals surface area contributed by atoms with Crippen molar-refractivity contribution in [2.75, 3.05) is 6.61 Å². The lowest BCUT2D eigenvalue weighted by atomic mass is 9.97. The molecule has 3 N–H and O–H groups in total. The van der Waals surface area contributed by atoms with Crippen molar-refractivity contribution >= 4 is 28.4 Å². The van der Waals surface area contributed by atoms with Gasteiger partial charge < -0.3 is 20.4 Å². The van der Waals surface area contributed by atoms with Crippen molar-refractivity contribution < 1.29 is 28.1 Å². The number of nitrogens with zero attached hydrogens (tertiary/aromatic N) is 2. The van der Waals surface area contributed by atoms with Gasteiger partial charge in [0, 0.05) is 34.5 Å². The molecule has 10 heteroatoms. The lowest BCUT2D eigenvalue weighted by molar-refractivity contribution is -0.358. The summed E-state index contributed by atoms with van der Waals surface area (Å²) in [4.78, 5) is 8.76. The molecule has 1 saturated carbocycles. The third-order valence-electron chi connectivity index (χ3n) is 6.58. The molecule has 2 atom stereocenters. The van der Waals surface area contributed by atoms with Crippen LogP contribution in [0.15, 0.2) is 40.9 Å². The molecule has 0 amide bonds. The molecule has 188 valence electrons. The average molecular weight is 508 g/mol. The molecule has 1 aromatic carbocycles. The highest BCUT2D eigenvalue weighted by atomic mass is 32.1. The number of hydrogen-bond acceptors (Lipinski definition) is 7. The number of benzene rings is 1. The van der Waals surface area contributed by atoms with Crippen molar-refractivity contribution in [2.45, 2.75) is 57.4 Å². The van der Waals surface area contributed by atoms with Crippen LogP contribution in [0.2, 0.25) is 0 Å². The predicted molar refractivity (Wildman–Crippen MR) is 130 cm³/mol. The summed E-state index contributed by atoms with van der Waals surface area (Å²) in [5.41, 5.74) is 1.01. The molecule has 2 unspecified atom stereocenters. The first-order valence-corrected chi connectivity index (χ1v) is 12.5. The summed E-state index contributed by atoms with van der Waals surface area (Å²) in [6.07, 6.45) is 4.95. The highest BCUT2D eigenvalue weighted by Crippen LogP contribution is 2.46. The van der Waals surface area contributed by atoms with Gasteiger partial charge in [0.05, 0.1) is 12.2 Å². The SMILES string of the molecule is CCC1CCC(C/C=C/C2=Nc3cc(C(O)(O)C(F)(F)F)cc(-c4nccs4)c3OCCC2)C1=N. The number of aliphatic imine (C=N–C) groups is 1. The minimum absolute atomic E-state index is 0.0865. The largest absolute Gasteiger partial charge is 0.491 e. The Kier molecular flexibility index (Phi) is 7.44. The van der Waals surface area contributed by atoms with Crippen LogP contribution >= 0.6 is 11.3 Å². The molecule has 1 aliphatic carbocycles. The molecule has 0 saturated heterocycles. The lowest BCUT2D eigenvalue weighted by Crippen LogP contribution is -2.42. The van der Waals surface area contributed by atoms with E-state index in [-0.39, 0.29) is 22.9 Å². The maximum Gasteiger partial charge on any atom is 0.447 e. The fourth-order valence-corrected chi connectivity index (χ4v) is 5.22. The molecule has 0 bridgehead atoms. The van der Waals surface area contributed by atoms with Gasteiger partial charge in [0.15, 0.2) is 5.75 Å². The third-order valence-corrected chi connectivity index (χ3v) is 7.39. The number of ether oxygens (including phenoxy) is 1. The number of fused-ring (bicyclic) bond motifs is 1. The number of rotatable bonds is 6. The smallest absolute Gasteiger partial charge is 0.447 e. The van der Waals surface area contributed by atoms with Gasteiger partial charge in [-0.05, 0) is 62.7 Å². The Morgan fingerprint density at radius 2 is 2.00 bits per heavy atom. The predicted octanol–water partition coefficient (Wildman–Crippen LogP) is 6.16. The average Bonchev–Trinajstić information content (AvgIpc) is 3.44. The minimum atomic E-state index is -5.31. The number of hydrogen-bond donors (Lipinski definition) is 3. The van der Waals surface area contributed by atoms with Crippen molar-refractivity contribution in [3.05, 3.63) is 41.4 Å². The van der Waals surface area contributed by atoms with Crippen LogP contribution in [0.4, 0.5) is 18.9 Å². The topological polar surface area (TPSA) is 98.8 Å². The second-order valence-electron chi connectivity index (χ2n) is 8.91. The summed E-state index contributed by atoms with van der Waals surface area (Å²) in [7, 11) is 0. The van der Waals surface area contributed by atoms with E-state index in [1.807, 2.05) is 12.2 Å². The van der Waals surface area contributed by atoms with Crippen molar-refractivity contribution in [1.82, 2.24) is 4.98 Å². The van der Waals surface area contributed by atoms with Gasteiger partial charge in [-0.1, -0.05) is 13.0 Å². The van der Waals surface area contributed by atoms with Gasteiger partial charge in [0.25, 0.3) is 5.79 Å². The van der Waals surface area contributed by atoms with Gasteiger partial charge in [-0.15, -0.1) is 11.3 Å².